The summed E-state index contributed by atoms with van der Waals surface area (Å²) in [6, 6.07) is 4.29. The average Bonchev–Trinajstić information content (AvgIpc) is 2.36. The van der Waals surface area contributed by atoms with Crippen molar-refractivity contribution in [2.45, 2.75) is 19.9 Å². The minimum Gasteiger partial charge on any atom is -0.367 e. The second-order valence-electron chi connectivity index (χ2n) is 3.80. The van der Waals surface area contributed by atoms with E-state index in [9.17, 15) is 0 Å². The summed E-state index contributed by atoms with van der Waals surface area (Å²) in [6.45, 7) is 4.33. The standard InChI is InChI=1S/C12H16N4S/c1-3-17-8-9(2)15-11-5-4-10-12(16-11)14-7-6-13-10/h4-7,9H,3,8H2,1-2H3,(H,14,15,16). The highest BCUT2D eigenvalue weighted by Crippen LogP contribution is 2.12. The Morgan fingerprint density at radius 2 is 2.12 bits per heavy atom. The van der Waals surface area contributed by atoms with Crippen LogP contribution in [0.3, 0.4) is 0 Å². The van der Waals surface area contributed by atoms with Gasteiger partial charge in [-0.3, -0.25) is 4.98 Å². The number of thioether (sulfide) groups is 1. The number of nitrogens with zero attached hydrogens (tertiary/aromatic N) is 3. The molecule has 0 saturated carbocycles. The van der Waals surface area contributed by atoms with E-state index in [-0.39, 0.29) is 0 Å². The smallest absolute Gasteiger partial charge is 0.180 e. The molecule has 4 nitrogen and oxygen atoms in total. The van der Waals surface area contributed by atoms with E-state index in [1.807, 2.05) is 23.9 Å². The molecule has 0 amide bonds. The highest BCUT2D eigenvalue weighted by molar-refractivity contribution is 7.99. The Morgan fingerprint density at radius 3 is 2.94 bits per heavy atom. The molecule has 1 unspecified atom stereocenters. The lowest BCUT2D eigenvalue weighted by atomic mass is 10.3. The van der Waals surface area contributed by atoms with Gasteiger partial charge >= 0.3 is 0 Å². The molecule has 0 saturated heterocycles. The topological polar surface area (TPSA) is 50.7 Å². The number of anilines is 1. The van der Waals surface area contributed by atoms with Crippen molar-refractivity contribution in [3.63, 3.8) is 0 Å². The van der Waals surface area contributed by atoms with E-state index in [0.717, 1.165) is 22.8 Å². The molecule has 0 bridgehead atoms. The van der Waals surface area contributed by atoms with Crippen LogP contribution in [0.1, 0.15) is 13.8 Å². The van der Waals surface area contributed by atoms with Crippen molar-refractivity contribution in [2.75, 3.05) is 16.8 Å². The fraction of sp³-hybridized carbons (Fsp3) is 0.417. The van der Waals surface area contributed by atoms with E-state index in [1.165, 1.54) is 0 Å². The zero-order chi connectivity index (χ0) is 12.1. The van der Waals surface area contributed by atoms with Gasteiger partial charge in [-0.2, -0.15) is 11.8 Å². The van der Waals surface area contributed by atoms with Gasteiger partial charge in [0.2, 0.25) is 0 Å². The summed E-state index contributed by atoms with van der Waals surface area (Å²) in [4.78, 5) is 12.8. The van der Waals surface area contributed by atoms with Crippen LogP contribution in [0.25, 0.3) is 11.2 Å². The Kier molecular flexibility index (Phi) is 4.14. The number of rotatable bonds is 5. The predicted octanol–water partition coefficient (Wildman–Crippen LogP) is 2.58. The molecule has 1 atom stereocenters. The molecular formula is C12H16N4S. The van der Waals surface area contributed by atoms with Gasteiger partial charge in [-0.15, -0.1) is 0 Å². The molecule has 0 aromatic carbocycles. The molecule has 0 aliphatic rings. The van der Waals surface area contributed by atoms with E-state index in [2.05, 4.69) is 34.1 Å². The molecule has 17 heavy (non-hydrogen) atoms. The maximum atomic E-state index is 4.43. The number of hydrogen-bond acceptors (Lipinski definition) is 5. The minimum atomic E-state index is 0.404. The third-order valence-electron chi connectivity index (χ3n) is 2.30. The largest absolute Gasteiger partial charge is 0.367 e. The third kappa shape index (κ3) is 3.30. The summed E-state index contributed by atoms with van der Waals surface area (Å²) < 4.78 is 0. The van der Waals surface area contributed by atoms with Crippen LogP contribution in [0, 0.1) is 0 Å². The van der Waals surface area contributed by atoms with Crippen molar-refractivity contribution in [3.05, 3.63) is 24.5 Å². The van der Waals surface area contributed by atoms with Gasteiger partial charge in [-0.05, 0) is 24.8 Å². The Bertz CT molecular complexity index is 489. The number of pyridine rings is 1. The number of aromatic nitrogens is 3. The maximum Gasteiger partial charge on any atom is 0.180 e. The molecular weight excluding hydrogens is 232 g/mol. The van der Waals surface area contributed by atoms with Crippen LogP contribution in [-0.4, -0.2) is 32.5 Å². The first-order chi connectivity index (χ1) is 8.29. The Labute approximate surface area is 105 Å². The molecule has 90 valence electrons. The first-order valence-electron chi connectivity index (χ1n) is 5.71. The first kappa shape index (κ1) is 12.1. The van der Waals surface area contributed by atoms with Crippen LogP contribution < -0.4 is 5.32 Å². The van der Waals surface area contributed by atoms with Gasteiger partial charge in [0.15, 0.2) is 5.65 Å². The summed E-state index contributed by atoms with van der Waals surface area (Å²) in [7, 11) is 0. The minimum absolute atomic E-state index is 0.404. The van der Waals surface area contributed by atoms with Crippen LogP contribution in [0.5, 0.6) is 0 Å². The van der Waals surface area contributed by atoms with Crippen LogP contribution in [-0.2, 0) is 0 Å². The van der Waals surface area contributed by atoms with Crippen molar-refractivity contribution in [1.82, 2.24) is 15.0 Å². The van der Waals surface area contributed by atoms with Gasteiger partial charge in [-0.1, -0.05) is 6.92 Å². The van der Waals surface area contributed by atoms with Crippen molar-refractivity contribution in [1.29, 1.82) is 0 Å². The molecule has 2 aromatic rings. The lowest BCUT2D eigenvalue weighted by molar-refractivity contribution is 0.903. The Morgan fingerprint density at radius 1 is 1.29 bits per heavy atom. The first-order valence-corrected chi connectivity index (χ1v) is 6.87. The second kappa shape index (κ2) is 5.82. The van der Waals surface area contributed by atoms with E-state index in [4.69, 9.17) is 0 Å². The quantitative estimate of drug-likeness (QED) is 0.881. The molecule has 0 aliphatic heterocycles. The highest BCUT2D eigenvalue weighted by atomic mass is 32.2. The van der Waals surface area contributed by atoms with Gasteiger partial charge in [0, 0.05) is 24.2 Å². The Balaban J connectivity index is 2.08. The molecule has 0 radical (unpaired) electrons. The van der Waals surface area contributed by atoms with Crippen LogP contribution in [0.4, 0.5) is 5.82 Å². The van der Waals surface area contributed by atoms with Crippen molar-refractivity contribution in [3.8, 4) is 0 Å². The molecule has 5 heteroatoms. The fourth-order valence-corrected chi connectivity index (χ4v) is 2.20. The molecule has 0 spiro atoms. The molecule has 0 aliphatic carbocycles. The van der Waals surface area contributed by atoms with Gasteiger partial charge < -0.3 is 5.32 Å². The molecule has 2 heterocycles. The monoisotopic (exact) mass is 248 g/mol. The number of nitrogens with one attached hydrogen (secondary N) is 1. The van der Waals surface area contributed by atoms with Crippen molar-refractivity contribution in [2.24, 2.45) is 0 Å². The normalized spacial score (nSPS) is 12.6. The number of fused-ring (bicyclic) bond motifs is 1. The van der Waals surface area contributed by atoms with E-state index < -0.39 is 0 Å². The lowest BCUT2D eigenvalue weighted by Crippen LogP contribution is -2.18. The summed E-state index contributed by atoms with van der Waals surface area (Å²) >= 11 is 1.92. The Hall–Kier alpha value is -1.36. The predicted molar refractivity (Wildman–Crippen MR) is 73.4 cm³/mol. The van der Waals surface area contributed by atoms with Crippen LogP contribution >= 0.6 is 11.8 Å². The molecule has 0 fully saturated rings. The van der Waals surface area contributed by atoms with Gasteiger partial charge in [0.05, 0.1) is 0 Å². The van der Waals surface area contributed by atoms with Gasteiger partial charge in [0.1, 0.15) is 11.3 Å². The number of hydrogen-bond donors (Lipinski definition) is 1. The third-order valence-corrected chi connectivity index (χ3v) is 3.44. The van der Waals surface area contributed by atoms with Crippen LogP contribution in [0.15, 0.2) is 24.5 Å². The fourth-order valence-electron chi connectivity index (χ4n) is 1.52. The molecule has 1 N–H and O–H groups in total. The molecule has 2 rings (SSSR count). The second-order valence-corrected chi connectivity index (χ2v) is 5.12. The van der Waals surface area contributed by atoms with Crippen molar-refractivity contribution >= 4 is 28.7 Å². The van der Waals surface area contributed by atoms with E-state index in [0.29, 0.717) is 11.7 Å². The van der Waals surface area contributed by atoms with Crippen LogP contribution in [0.2, 0.25) is 0 Å². The van der Waals surface area contributed by atoms with Gasteiger partial charge in [0.25, 0.3) is 0 Å². The van der Waals surface area contributed by atoms with E-state index >= 15 is 0 Å². The average molecular weight is 248 g/mol. The zero-order valence-electron chi connectivity index (χ0n) is 10.1. The summed E-state index contributed by atoms with van der Waals surface area (Å²) in [5.41, 5.74) is 1.52. The van der Waals surface area contributed by atoms with Gasteiger partial charge in [-0.25, -0.2) is 9.97 Å². The molecule has 2 aromatic heterocycles. The summed E-state index contributed by atoms with van der Waals surface area (Å²) in [5, 5.41) is 3.37. The maximum absolute atomic E-state index is 4.43. The lowest BCUT2D eigenvalue weighted by Gasteiger charge is -2.13. The highest BCUT2D eigenvalue weighted by Gasteiger charge is 2.04. The summed E-state index contributed by atoms with van der Waals surface area (Å²) in [6.07, 6.45) is 3.34. The SMILES string of the molecule is CCSCC(C)Nc1ccc2nccnc2n1. The summed E-state index contributed by atoms with van der Waals surface area (Å²) in [5.74, 6) is 3.08. The van der Waals surface area contributed by atoms with Crippen molar-refractivity contribution < 1.29 is 0 Å². The van der Waals surface area contributed by atoms with E-state index in [1.54, 1.807) is 12.4 Å². The zero-order valence-corrected chi connectivity index (χ0v) is 10.9.